The fourth-order valence-corrected chi connectivity index (χ4v) is 0.601. The molecule has 0 aliphatic carbocycles. The van der Waals surface area contributed by atoms with Crippen molar-refractivity contribution in [2.75, 3.05) is 13.2 Å². The number of hydrogen-bond donors (Lipinski definition) is 1. The molecule has 0 amide bonds. The molecule has 0 bridgehead atoms. The van der Waals surface area contributed by atoms with Gasteiger partial charge in [-0.25, -0.2) is 0 Å². The molecule has 1 atom stereocenters. The zero-order chi connectivity index (χ0) is 6.20. The fraction of sp³-hybridized carbons (Fsp3) is 1.00. The average Bonchev–Trinajstić information content (AvgIpc) is 2.44. The Morgan fingerprint density at radius 3 is 2.38 bits per heavy atom. The number of epoxide rings is 1. The van der Waals surface area contributed by atoms with Crippen LogP contribution in [0.3, 0.4) is 0 Å². The highest BCUT2D eigenvalue weighted by Crippen LogP contribution is 2.30. The third-order valence-corrected chi connectivity index (χ3v) is 1.61. The molecule has 0 unspecified atom stereocenters. The lowest BCUT2D eigenvalue weighted by Gasteiger charge is -2.17. The van der Waals surface area contributed by atoms with Crippen molar-refractivity contribution in [3.05, 3.63) is 0 Å². The van der Waals surface area contributed by atoms with Crippen LogP contribution in [0.25, 0.3) is 0 Å². The number of aliphatic hydroxyl groups is 1. The van der Waals surface area contributed by atoms with Crippen LogP contribution in [0.1, 0.15) is 13.8 Å². The summed E-state index contributed by atoms with van der Waals surface area (Å²) in [6.45, 7) is 5.06. The zero-order valence-corrected chi connectivity index (χ0v) is 5.35. The van der Waals surface area contributed by atoms with Gasteiger partial charge >= 0.3 is 0 Å². The molecule has 1 saturated heterocycles. The summed E-state index contributed by atoms with van der Waals surface area (Å²) in [6.07, 6.45) is 0.312. The Balaban J connectivity index is 2.37. The Labute approximate surface area is 49.5 Å². The Kier molecular flexibility index (Phi) is 1.29. The molecular formula is C6H12O2. The monoisotopic (exact) mass is 116 g/mol. The van der Waals surface area contributed by atoms with Crippen molar-refractivity contribution in [1.29, 1.82) is 0 Å². The Hall–Kier alpha value is -0.0800. The Bertz CT molecular complexity index is 84.5. The lowest BCUT2D eigenvalue weighted by molar-refractivity contribution is 0.124. The highest BCUT2D eigenvalue weighted by atomic mass is 16.6. The first-order valence-electron chi connectivity index (χ1n) is 2.89. The first-order valence-corrected chi connectivity index (χ1v) is 2.89. The molecule has 1 aliphatic rings. The maximum Gasteiger partial charge on any atom is 0.0882 e. The van der Waals surface area contributed by atoms with E-state index in [1.165, 1.54) is 0 Å². The van der Waals surface area contributed by atoms with Gasteiger partial charge in [-0.1, -0.05) is 13.8 Å². The minimum Gasteiger partial charge on any atom is -0.396 e. The summed E-state index contributed by atoms with van der Waals surface area (Å²) in [4.78, 5) is 0. The van der Waals surface area contributed by atoms with Gasteiger partial charge in [0.25, 0.3) is 0 Å². The average molecular weight is 116 g/mol. The van der Waals surface area contributed by atoms with Crippen LogP contribution in [0, 0.1) is 5.41 Å². The van der Waals surface area contributed by atoms with E-state index in [0.29, 0.717) is 6.10 Å². The summed E-state index contributed by atoms with van der Waals surface area (Å²) in [5.74, 6) is 0. The topological polar surface area (TPSA) is 32.8 Å². The minimum atomic E-state index is -0.0139. The van der Waals surface area contributed by atoms with E-state index in [-0.39, 0.29) is 12.0 Å². The molecular weight excluding hydrogens is 104 g/mol. The number of aliphatic hydroxyl groups excluding tert-OH is 1. The second-order valence-corrected chi connectivity index (χ2v) is 2.97. The van der Waals surface area contributed by atoms with Gasteiger partial charge in [0.2, 0.25) is 0 Å². The highest BCUT2D eigenvalue weighted by molar-refractivity contribution is 4.85. The molecule has 0 radical (unpaired) electrons. The SMILES string of the molecule is CC(C)(CO)[C@H]1CO1. The largest absolute Gasteiger partial charge is 0.396 e. The third-order valence-electron chi connectivity index (χ3n) is 1.61. The molecule has 8 heavy (non-hydrogen) atoms. The van der Waals surface area contributed by atoms with Crippen LogP contribution in [-0.4, -0.2) is 24.4 Å². The second-order valence-electron chi connectivity index (χ2n) is 2.97. The normalized spacial score (nSPS) is 28.1. The first kappa shape index (κ1) is 6.05. The zero-order valence-electron chi connectivity index (χ0n) is 5.35. The molecule has 0 aromatic rings. The van der Waals surface area contributed by atoms with E-state index in [1.54, 1.807) is 0 Å². The summed E-state index contributed by atoms with van der Waals surface area (Å²) in [5, 5.41) is 8.72. The van der Waals surface area contributed by atoms with Crippen molar-refractivity contribution in [2.24, 2.45) is 5.41 Å². The van der Waals surface area contributed by atoms with E-state index in [1.807, 2.05) is 13.8 Å². The van der Waals surface area contributed by atoms with Gasteiger partial charge < -0.3 is 9.84 Å². The van der Waals surface area contributed by atoms with Crippen molar-refractivity contribution in [2.45, 2.75) is 20.0 Å². The van der Waals surface area contributed by atoms with Gasteiger partial charge in [-0.3, -0.25) is 0 Å². The van der Waals surface area contributed by atoms with Crippen molar-refractivity contribution in [1.82, 2.24) is 0 Å². The van der Waals surface area contributed by atoms with Gasteiger partial charge in [0, 0.05) is 5.41 Å². The summed E-state index contributed by atoms with van der Waals surface area (Å²) in [6, 6.07) is 0. The molecule has 2 nitrogen and oxygen atoms in total. The first-order chi connectivity index (χ1) is 3.67. The lowest BCUT2D eigenvalue weighted by atomic mass is 9.91. The maximum absolute atomic E-state index is 8.72. The molecule has 0 spiro atoms. The van der Waals surface area contributed by atoms with Gasteiger partial charge in [-0.2, -0.15) is 0 Å². The van der Waals surface area contributed by atoms with Gasteiger partial charge in [0.1, 0.15) is 0 Å². The van der Waals surface area contributed by atoms with Crippen LogP contribution in [-0.2, 0) is 4.74 Å². The smallest absolute Gasteiger partial charge is 0.0882 e. The molecule has 0 aromatic heterocycles. The molecule has 1 N–H and O–H groups in total. The van der Waals surface area contributed by atoms with E-state index in [9.17, 15) is 0 Å². The van der Waals surface area contributed by atoms with Crippen molar-refractivity contribution in [3.8, 4) is 0 Å². The fourth-order valence-electron chi connectivity index (χ4n) is 0.601. The van der Waals surface area contributed by atoms with E-state index >= 15 is 0 Å². The third kappa shape index (κ3) is 1.01. The van der Waals surface area contributed by atoms with E-state index in [4.69, 9.17) is 9.84 Å². The van der Waals surface area contributed by atoms with Crippen LogP contribution in [0.15, 0.2) is 0 Å². The standard InChI is InChI=1S/C6H12O2/c1-6(2,4-7)5-3-8-5/h5,7H,3-4H2,1-2H3/t5-/m1/s1. The van der Waals surface area contributed by atoms with E-state index < -0.39 is 0 Å². The van der Waals surface area contributed by atoms with Crippen LogP contribution in [0.2, 0.25) is 0 Å². The minimum absolute atomic E-state index is 0.0139. The van der Waals surface area contributed by atoms with Gasteiger partial charge in [0.15, 0.2) is 0 Å². The predicted molar refractivity (Wildman–Crippen MR) is 30.6 cm³/mol. The Morgan fingerprint density at radius 2 is 2.25 bits per heavy atom. The van der Waals surface area contributed by atoms with Crippen LogP contribution < -0.4 is 0 Å². The molecule has 1 heterocycles. The number of hydrogen-bond acceptors (Lipinski definition) is 2. The summed E-state index contributed by atoms with van der Waals surface area (Å²) >= 11 is 0. The van der Waals surface area contributed by atoms with Crippen molar-refractivity contribution >= 4 is 0 Å². The van der Waals surface area contributed by atoms with Crippen molar-refractivity contribution < 1.29 is 9.84 Å². The van der Waals surface area contributed by atoms with Crippen LogP contribution in [0.5, 0.6) is 0 Å². The molecule has 0 aromatic carbocycles. The summed E-state index contributed by atoms with van der Waals surface area (Å²) in [5.41, 5.74) is -0.0139. The van der Waals surface area contributed by atoms with Crippen LogP contribution >= 0.6 is 0 Å². The quantitative estimate of drug-likeness (QED) is 0.530. The Morgan fingerprint density at radius 1 is 1.75 bits per heavy atom. The summed E-state index contributed by atoms with van der Waals surface area (Å²) in [7, 11) is 0. The van der Waals surface area contributed by atoms with E-state index in [0.717, 1.165) is 6.61 Å². The van der Waals surface area contributed by atoms with Gasteiger partial charge in [-0.05, 0) is 0 Å². The molecule has 2 heteroatoms. The summed E-state index contributed by atoms with van der Waals surface area (Å²) < 4.78 is 5.00. The van der Waals surface area contributed by atoms with Gasteiger partial charge in [0.05, 0.1) is 19.3 Å². The highest BCUT2D eigenvalue weighted by Gasteiger charge is 2.38. The molecule has 1 rings (SSSR count). The molecule has 1 fully saturated rings. The van der Waals surface area contributed by atoms with Crippen LogP contribution in [0.4, 0.5) is 0 Å². The molecule has 1 aliphatic heterocycles. The maximum atomic E-state index is 8.72. The molecule has 48 valence electrons. The lowest BCUT2D eigenvalue weighted by Crippen LogP contribution is -2.23. The molecule has 0 saturated carbocycles. The number of ether oxygens (including phenoxy) is 1. The van der Waals surface area contributed by atoms with E-state index in [2.05, 4.69) is 0 Å². The van der Waals surface area contributed by atoms with Crippen molar-refractivity contribution in [3.63, 3.8) is 0 Å². The second kappa shape index (κ2) is 1.71. The number of rotatable bonds is 2. The van der Waals surface area contributed by atoms with Gasteiger partial charge in [-0.15, -0.1) is 0 Å². The predicted octanol–water partition coefficient (Wildman–Crippen LogP) is 0.404.